The van der Waals surface area contributed by atoms with E-state index in [4.69, 9.17) is 5.53 Å². The summed E-state index contributed by atoms with van der Waals surface area (Å²) in [5.41, 5.74) is 11.4. The quantitative estimate of drug-likeness (QED) is 0.342. The Bertz CT molecular complexity index is 891. The minimum absolute atomic E-state index is 0.260. The van der Waals surface area contributed by atoms with Gasteiger partial charge < -0.3 is 4.90 Å². The highest BCUT2D eigenvalue weighted by molar-refractivity contribution is 5.97. The van der Waals surface area contributed by atoms with Gasteiger partial charge in [-0.3, -0.25) is 4.79 Å². The molecule has 0 heterocycles. The molecule has 0 aliphatic carbocycles. The minimum atomic E-state index is -0.912. The van der Waals surface area contributed by atoms with Crippen LogP contribution in [0.25, 0.3) is 10.4 Å². The van der Waals surface area contributed by atoms with Crippen LogP contribution in [-0.2, 0) is 11.3 Å². The third-order valence-corrected chi connectivity index (χ3v) is 4.03. The summed E-state index contributed by atoms with van der Waals surface area (Å²) in [4.78, 5) is 17.8. The van der Waals surface area contributed by atoms with Gasteiger partial charge in [0.15, 0.2) is 0 Å². The van der Waals surface area contributed by atoms with Gasteiger partial charge in [-0.2, -0.15) is 0 Å². The van der Waals surface area contributed by atoms with E-state index in [1.807, 2.05) is 78.9 Å². The van der Waals surface area contributed by atoms with Crippen LogP contribution in [0.2, 0.25) is 0 Å². The third-order valence-electron chi connectivity index (χ3n) is 4.03. The van der Waals surface area contributed by atoms with Crippen LogP contribution in [0.3, 0.4) is 0 Å². The minimum Gasteiger partial charge on any atom is -0.307 e. The first-order valence-electron chi connectivity index (χ1n) is 8.29. The molecule has 5 heteroatoms. The average molecular weight is 342 g/mol. The number of nitrogens with zero attached hydrogens (tertiary/aromatic N) is 4. The highest BCUT2D eigenvalue weighted by Gasteiger charge is 2.26. The van der Waals surface area contributed by atoms with Crippen molar-refractivity contribution in [3.63, 3.8) is 0 Å². The predicted molar refractivity (Wildman–Crippen MR) is 102 cm³/mol. The number of anilines is 1. The summed E-state index contributed by atoms with van der Waals surface area (Å²) >= 11 is 0. The normalized spacial score (nSPS) is 11.2. The molecule has 3 aromatic carbocycles. The van der Waals surface area contributed by atoms with Crippen LogP contribution in [0.4, 0.5) is 5.69 Å². The number of rotatable bonds is 6. The second kappa shape index (κ2) is 8.51. The van der Waals surface area contributed by atoms with Gasteiger partial charge >= 0.3 is 0 Å². The summed E-state index contributed by atoms with van der Waals surface area (Å²) in [5, 5.41) is 3.77. The Morgan fingerprint density at radius 2 is 1.42 bits per heavy atom. The Morgan fingerprint density at radius 3 is 2.00 bits per heavy atom. The van der Waals surface area contributed by atoms with Gasteiger partial charge in [0.25, 0.3) is 0 Å². The van der Waals surface area contributed by atoms with E-state index in [9.17, 15) is 4.79 Å². The second-order valence-electron chi connectivity index (χ2n) is 5.76. The number of carbonyl (C=O) groups excluding carboxylic acids is 1. The fraction of sp³-hybridized carbons (Fsp3) is 0.0952. The number of carbonyl (C=O) groups is 1. The average Bonchev–Trinajstić information content (AvgIpc) is 2.72. The lowest BCUT2D eigenvalue weighted by Crippen LogP contribution is -2.34. The van der Waals surface area contributed by atoms with Gasteiger partial charge in [0.1, 0.15) is 6.04 Å². The lowest BCUT2D eigenvalue weighted by molar-refractivity contribution is -0.120. The van der Waals surface area contributed by atoms with Crippen LogP contribution < -0.4 is 4.90 Å². The molecule has 1 unspecified atom stereocenters. The molecule has 0 N–H and O–H groups in total. The summed E-state index contributed by atoms with van der Waals surface area (Å²) in [6, 6.07) is 27.3. The number of hydrogen-bond donors (Lipinski definition) is 0. The number of hydrogen-bond acceptors (Lipinski definition) is 2. The molecule has 0 bridgehead atoms. The number of azide groups is 1. The van der Waals surface area contributed by atoms with Crippen molar-refractivity contribution >= 4 is 11.6 Å². The van der Waals surface area contributed by atoms with Crippen molar-refractivity contribution in [2.24, 2.45) is 5.11 Å². The van der Waals surface area contributed by atoms with Crippen molar-refractivity contribution in [3.05, 3.63) is 113 Å². The fourth-order valence-electron chi connectivity index (χ4n) is 2.76. The molecular formula is C21H18N4O. The largest absolute Gasteiger partial charge is 0.307 e. The summed E-state index contributed by atoms with van der Waals surface area (Å²) in [5.74, 6) is -0.260. The zero-order chi connectivity index (χ0) is 18.2. The van der Waals surface area contributed by atoms with Crippen LogP contribution in [0.15, 0.2) is 96.1 Å². The van der Waals surface area contributed by atoms with Gasteiger partial charge in [-0.15, -0.1) is 0 Å². The van der Waals surface area contributed by atoms with Crippen LogP contribution in [0, 0.1) is 0 Å². The Kier molecular flexibility index (Phi) is 5.65. The molecule has 1 amide bonds. The van der Waals surface area contributed by atoms with Gasteiger partial charge in [0, 0.05) is 10.6 Å². The van der Waals surface area contributed by atoms with E-state index in [0.29, 0.717) is 12.1 Å². The summed E-state index contributed by atoms with van der Waals surface area (Å²) in [7, 11) is 0. The Labute approximate surface area is 152 Å². The maximum Gasteiger partial charge on any atom is 0.240 e. The monoisotopic (exact) mass is 342 g/mol. The number of para-hydroxylation sites is 1. The molecule has 0 radical (unpaired) electrons. The second-order valence-corrected chi connectivity index (χ2v) is 5.76. The van der Waals surface area contributed by atoms with E-state index < -0.39 is 6.04 Å². The van der Waals surface area contributed by atoms with Crippen molar-refractivity contribution < 1.29 is 4.79 Å². The molecule has 3 aromatic rings. The Balaban J connectivity index is 1.99. The van der Waals surface area contributed by atoms with Gasteiger partial charge in [-0.1, -0.05) is 84.0 Å². The van der Waals surface area contributed by atoms with E-state index in [2.05, 4.69) is 10.0 Å². The summed E-state index contributed by atoms with van der Waals surface area (Å²) < 4.78 is 0. The first-order valence-corrected chi connectivity index (χ1v) is 8.29. The number of benzene rings is 3. The lowest BCUT2D eigenvalue weighted by atomic mass is 10.1. The molecule has 26 heavy (non-hydrogen) atoms. The lowest BCUT2D eigenvalue weighted by Gasteiger charge is -2.26. The van der Waals surface area contributed by atoms with E-state index in [1.54, 1.807) is 17.0 Å². The molecule has 0 fully saturated rings. The highest BCUT2D eigenvalue weighted by atomic mass is 16.2. The van der Waals surface area contributed by atoms with Gasteiger partial charge in [-0.05, 0) is 28.8 Å². The zero-order valence-corrected chi connectivity index (χ0v) is 14.1. The summed E-state index contributed by atoms with van der Waals surface area (Å²) in [6.45, 7) is 0.397. The molecule has 1 atom stereocenters. The summed E-state index contributed by atoms with van der Waals surface area (Å²) in [6.07, 6.45) is 0. The molecule has 0 saturated carbocycles. The van der Waals surface area contributed by atoms with Crippen molar-refractivity contribution in [2.45, 2.75) is 12.6 Å². The van der Waals surface area contributed by atoms with Crippen LogP contribution in [0.1, 0.15) is 17.2 Å². The van der Waals surface area contributed by atoms with Crippen molar-refractivity contribution in [3.8, 4) is 0 Å². The zero-order valence-electron chi connectivity index (χ0n) is 14.1. The van der Waals surface area contributed by atoms with Crippen LogP contribution >= 0.6 is 0 Å². The maximum atomic E-state index is 13.3. The van der Waals surface area contributed by atoms with Crippen LogP contribution in [-0.4, -0.2) is 5.91 Å². The molecule has 0 aliphatic heterocycles. The van der Waals surface area contributed by atoms with E-state index in [-0.39, 0.29) is 5.91 Å². The fourth-order valence-corrected chi connectivity index (χ4v) is 2.76. The molecular weight excluding hydrogens is 324 g/mol. The smallest absolute Gasteiger partial charge is 0.240 e. The topological polar surface area (TPSA) is 69.1 Å². The predicted octanol–water partition coefficient (Wildman–Crippen LogP) is 5.27. The molecule has 3 rings (SSSR count). The molecule has 0 spiro atoms. The molecule has 0 saturated heterocycles. The van der Waals surface area contributed by atoms with Gasteiger partial charge in [0.2, 0.25) is 5.91 Å². The van der Waals surface area contributed by atoms with E-state index in [0.717, 1.165) is 11.3 Å². The van der Waals surface area contributed by atoms with E-state index >= 15 is 0 Å². The molecule has 0 aliphatic rings. The molecule has 0 aromatic heterocycles. The first kappa shape index (κ1) is 17.3. The highest BCUT2D eigenvalue weighted by Crippen LogP contribution is 2.26. The van der Waals surface area contributed by atoms with Crippen molar-refractivity contribution in [2.75, 3.05) is 4.90 Å². The molecule has 128 valence electrons. The molecule has 5 nitrogen and oxygen atoms in total. The SMILES string of the molecule is [N-]=[N+]=NC(C(=O)N(Cc1ccccc1)c1ccccc1)c1ccccc1. The maximum absolute atomic E-state index is 13.3. The Hall–Kier alpha value is -3.56. The Morgan fingerprint density at radius 1 is 0.885 bits per heavy atom. The van der Waals surface area contributed by atoms with Crippen molar-refractivity contribution in [1.29, 1.82) is 0 Å². The van der Waals surface area contributed by atoms with Crippen molar-refractivity contribution in [1.82, 2.24) is 0 Å². The van der Waals surface area contributed by atoms with Crippen LogP contribution in [0.5, 0.6) is 0 Å². The standard InChI is InChI=1S/C21H18N4O/c22-24-23-20(18-12-6-2-7-13-18)21(26)25(19-14-8-3-9-15-19)16-17-10-4-1-5-11-17/h1-15,20H,16H2. The van der Waals surface area contributed by atoms with Gasteiger partial charge in [0.05, 0.1) is 6.54 Å². The number of amides is 1. The van der Waals surface area contributed by atoms with E-state index in [1.165, 1.54) is 0 Å². The third kappa shape index (κ3) is 4.09. The van der Waals surface area contributed by atoms with Gasteiger partial charge in [-0.25, -0.2) is 0 Å². The first-order chi connectivity index (χ1) is 12.8.